The van der Waals surface area contributed by atoms with E-state index in [1.54, 1.807) is 11.0 Å². The zero-order valence-electron chi connectivity index (χ0n) is 14.7. The highest BCUT2D eigenvalue weighted by Crippen LogP contribution is 2.19. The van der Waals surface area contributed by atoms with Crippen molar-refractivity contribution >= 4 is 24.2 Å². The molecule has 0 aromatic carbocycles. The molecule has 3 N–H and O–H groups in total. The predicted octanol–water partition coefficient (Wildman–Crippen LogP) is 3.74. The average molecular weight is 316 g/mol. The summed E-state index contributed by atoms with van der Waals surface area (Å²) >= 11 is 0. The van der Waals surface area contributed by atoms with Crippen LogP contribution in [-0.2, 0) is 0 Å². The number of nitrogens with one attached hydrogen (secondary N) is 3. The van der Waals surface area contributed by atoms with Gasteiger partial charge in [0.15, 0.2) is 5.84 Å². The summed E-state index contributed by atoms with van der Waals surface area (Å²) in [5, 5.41) is 19.1. The maximum Gasteiger partial charge on any atom is 0.152 e. The molecule has 0 aliphatic rings. The number of amidine groups is 1. The van der Waals surface area contributed by atoms with Gasteiger partial charge in [0.1, 0.15) is 17.2 Å². The van der Waals surface area contributed by atoms with E-state index in [-0.39, 0.29) is 11.9 Å². The summed E-state index contributed by atoms with van der Waals surface area (Å²) in [5.74, 6) is 0.896. The van der Waals surface area contributed by atoms with E-state index in [4.69, 9.17) is 10.8 Å². The molecule has 0 saturated carbocycles. The SMILES string of the molecule is CCC=NC(C)(CC)Nc1cccc(C(=N)N(C=N)C(C)C)n1. The Morgan fingerprint density at radius 1 is 1.43 bits per heavy atom. The highest BCUT2D eigenvalue weighted by atomic mass is 15.2. The van der Waals surface area contributed by atoms with Crippen LogP contribution in [0.4, 0.5) is 5.82 Å². The molecule has 0 saturated heterocycles. The number of hydrogen-bond acceptors (Lipinski definition) is 5. The molecule has 0 aliphatic carbocycles. The van der Waals surface area contributed by atoms with Gasteiger partial charge in [-0.25, -0.2) is 4.98 Å². The fraction of sp³-hybridized carbons (Fsp3) is 0.529. The van der Waals surface area contributed by atoms with Crippen molar-refractivity contribution in [3.63, 3.8) is 0 Å². The van der Waals surface area contributed by atoms with E-state index in [1.807, 2.05) is 39.1 Å². The third-order valence-corrected chi connectivity index (χ3v) is 3.59. The highest BCUT2D eigenvalue weighted by Gasteiger charge is 2.21. The summed E-state index contributed by atoms with van der Waals surface area (Å²) < 4.78 is 0. The number of aromatic nitrogens is 1. The highest BCUT2D eigenvalue weighted by molar-refractivity contribution is 6.01. The van der Waals surface area contributed by atoms with E-state index < -0.39 is 5.66 Å². The molecule has 1 heterocycles. The van der Waals surface area contributed by atoms with Crippen molar-refractivity contribution in [3.8, 4) is 0 Å². The molecule has 1 aromatic heterocycles. The minimum Gasteiger partial charge on any atom is -0.346 e. The number of rotatable bonds is 8. The maximum absolute atomic E-state index is 8.26. The minimum absolute atomic E-state index is 0.0356. The first kappa shape index (κ1) is 18.8. The van der Waals surface area contributed by atoms with Crippen molar-refractivity contribution < 1.29 is 0 Å². The summed E-state index contributed by atoms with van der Waals surface area (Å²) in [5.41, 5.74) is 0.119. The second-order valence-corrected chi connectivity index (χ2v) is 5.86. The first-order valence-corrected chi connectivity index (χ1v) is 8.03. The van der Waals surface area contributed by atoms with Crippen molar-refractivity contribution in [1.82, 2.24) is 9.88 Å². The lowest BCUT2D eigenvalue weighted by Crippen LogP contribution is -2.36. The topological polar surface area (TPSA) is 88.2 Å². The number of hydrogen-bond donors (Lipinski definition) is 3. The molecule has 0 aliphatic heterocycles. The molecule has 0 amide bonds. The summed E-state index contributed by atoms with van der Waals surface area (Å²) in [6.07, 6.45) is 4.78. The first-order valence-electron chi connectivity index (χ1n) is 8.03. The standard InChI is InChI=1S/C17H28N6/c1-6-11-20-17(5,7-2)22-15-10-8-9-14(21-15)16(19)23(12-18)13(3)4/h8-13,18-19H,6-7H2,1-5H3,(H,21,22). The van der Waals surface area contributed by atoms with Crippen molar-refractivity contribution in [2.24, 2.45) is 4.99 Å². The molecule has 0 spiro atoms. The van der Waals surface area contributed by atoms with Gasteiger partial charge in [-0.15, -0.1) is 0 Å². The molecular weight excluding hydrogens is 288 g/mol. The van der Waals surface area contributed by atoms with Crippen LogP contribution >= 0.6 is 0 Å². The van der Waals surface area contributed by atoms with Crippen LogP contribution < -0.4 is 5.32 Å². The van der Waals surface area contributed by atoms with E-state index in [1.165, 1.54) is 0 Å². The van der Waals surface area contributed by atoms with Crippen LogP contribution in [0.15, 0.2) is 23.2 Å². The Balaban J connectivity index is 3.02. The zero-order chi connectivity index (χ0) is 17.5. The van der Waals surface area contributed by atoms with Gasteiger partial charge in [-0.2, -0.15) is 0 Å². The van der Waals surface area contributed by atoms with Gasteiger partial charge in [0, 0.05) is 12.3 Å². The molecule has 0 bridgehead atoms. The van der Waals surface area contributed by atoms with Crippen molar-refractivity contribution in [2.75, 3.05) is 5.32 Å². The molecule has 6 heteroatoms. The van der Waals surface area contributed by atoms with Gasteiger partial charge >= 0.3 is 0 Å². The Morgan fingerprint density at radius 3 is 2.65 bits per heavy atom. The summed E-state index contributed by atoms with van der Waals surface area (Å²) in [7, 11) is 0. The molecule has 0 fully saturated rings. The number of anilines is 1. The Bertz CT molecular complexity index is 566. The Hall–Kier alpha value is -2.24. The Morgan fingerprint density at radius 2 is 2.13 bits per heavy atom. The molecule has 1 aromatic rings. The van der Waals surface area contributed by atoms with Gasteiger partial charge in [0.25, 0.3) is 0 Å². The van der Waals surface area contributed by atoms with E-state index in [2.05, 4.69) is 29.1 Å². The van der Waals surface area contributed by atoms with Gasteiger partial charge in [0.2, 0.25) is 0 Å². The molecule has 1 unspecified atom stereocenters. The molecule has 0 radical (unpaired) electrons. The van der Waals surface area contributed by atoms with E-state index in [0.29, 0.717) is 11.5 Å². The van der Waals surface area contributed by atoms with Crippen LogP contribution in [0.2, 0.25) is 0 Å². The number of aliphatic imine (C=N–C) groups is 1. The Kier molecular flexibility index (Phi) is 6.88. The molecule has 23 heavy (non-hydrogen) atoms. The zero-order valence-corrected chi connectivity index (χ0v) is 14.7. The van der Waals surface area contributed by atoms with Gasteiger partial charge in [0.05, 0.1) is 6.34 Å². The van der Waals surface area contributed by atoms with Gasteiger partial charge in [-0.1, -0.05) is 19.9 Å². The molecule has 1 atom stereocenters. The summed E-state index contributed by atoms with van der Waals surface area (Å²) in [6.45, 7) is 10.0. The largest absolute Gasteiger partial charge is 0.346 e. The van der Waals surface area contributed by atoms with Crippen molar-refractivity contribution in [3.05, 3.63) is 23.9 Å². The fourth-order valence-corrected chi connectivity index (χ4v) is 2.02. The lowest BCUT2D eigenvalue weighted by molar-refractivity contribution is 0.506. The number of pyridine rings is 1. The van der Waals surface area contributed by atoms with Crippen LogP contribution in [0.1, 0.15) is 53.2 Å². The smallest absolute Gasteiger partial charge is 0.152 e. The van der Waals surface area contributed by atoms with E-state index in [9.17, 15) is 0 Å². The molecule has 1 rings (SSSR count). The first-order chi connectivity index (χ1) is 10.9. The molecule has 6 nitrogen and oxygen atoms in total. The summed E-state index contributed by atoms with van der Waals surface area (Å²) in [6, 6.07) is 5.55. The summed E-state index contributed by atoms with van der Waals surface area (Å²) in [4.78, 5) is 10.6. The monoisotopic (exact) mass is 316 g/mol. The molecular formula is C17H28N6. The van der Waals surface area contributed by atoms with Crippen LogP contribution in [0, 0.1) is 10.8 Å². The van der Waals surface area contributed by atoms with Crippen LogP contribution in [0.5, 0.6) is 0 Å². The van der Waals surface area contributed by atoms with Crippen molar-refractivity contribution in [1.29, 1.82) is 10.8 Å². The second kappa shape index (κ2) is 8.41. The Labute approximate surface area is 139 Å². The van der Waals surface area contributed by atoms with Gasteiger partial charge in [-0.05, 0) is 45.7 Å². The predicted molar refractivity (Wildman–Crippen MR) is 97.9 cm³/mol. The quantitative estimate of drug-likeness (QED) is 0.504. The number of nitrogens with zero attached hydrogens (tertiary/aromatic N) is 3. The third-order valence-electron chi connectivity index (χ3n) is 3.59. The third kappa shape index (κ3) is 5.16. The lowest BCUT2D eigenvalue weighted by atomic mass is 10.1. The van der Waals surface area contributed by atoms with Crippen LogP contribution in [-0.4, -0.2) is 40.0 Å². The van der Waals surface area contributed by atoms with E-state index >= 15 is 0 Å². The average Bonchev–Trinajstić information content (AvgIpc) is 2.53. The van der Waals surface area contributed by atoms with Crippen LogP contribution in [0.25, 0.3) is 0 Å². The molecule has 126 valence electrons. The van der Waals surface area contributed by atoms with Crippen LogP contribution in [0.3, 0.4) is 0 Å². The lowest BCUT2D eigenvalue weighted by Gasteiger charge is -2.27. The van der Waals surface area contributed by atoms with E-state index in [0.717, 1.165) is 19.2 Å². The van der Waals surface area contributed by atoms with Gasteiger partial charge < -0.3 is 10.2 Å². The maximum atomic E-state index is 8.26. The minimum atomic E-state index is -0.414. The fourth-order valence-electron chi connectivity index (χ4n) is 2.02. The van der Waals surface area contributed by atoms with Gasteiger partial charge in [-0.3, -0.25) is 15.8 Å². The van der Waals surface area contributed by atoms with Crippen molar-refractivity contribution in [2.45, 2.75) is 59.2 Å². The second-order valence-electron chi connectivity index (χ2n) is 5.86. The normalized spacial score (nSPS) is 13.8.